The smallest absolute Gasteiger partial charge is 0.315 e. The summed E-state index contributed by atoms with van der Waals surface area (Å²) in [7, 11) is 0. The molecule has 0 bridgehead atoms. The van der Waals surface area contributed by atoms with Crippen molar-refractivity contribution in [1.82, 2.24) is 20.8 Å². The van der Waals surface area contributed by atoms with Crippen LogP contribution in [0.5, 0.6) is 0 Å². The van der Waals surface area contributed by atoms with E-state index in [4.69, 9.17) is 0 Å². The standard InChI is InChI=1S/C17H23N5O2S/c1-4-11(3)13(19-16(24)18-5-2)14(23)20-17-22-21-15(25-17)12-9-7-6-8-10-12/h6-11,13H,4-5H2,1-3H3,(H2,18,19,24)(H,20,22,23). The minimum absolute atomic E-state index is 0.0101. The maximum Gasteiger partial charge on any atom is 0.315 e. The molecular formula is C17H23N5O2S. The van der Waals surface area contributed by atoms with E-state index in [1.165, 1.54) is 11.3 Å². The minimum atomic E-state index is -0.638. The van der Waals surface area contributed by atoms with Gasteiger partial charge in [0.2, 0.25) is 11.0 Å². The van der Waals surface area contributed by atoms with Crippen molar-refractivity contribution in [3.63, 3.8) is 0 Å². The molecular weight excluding hydrogens is 338 g/mol. The summed E-state index contributed by atoms with van der Waals surface area (Å²) in [5, 5.41) is 17.4. The number of hydrogen-bond donors (Lipinski definition) is 3. The van der Waals surface area contributed by atoms with Crippen LogP contribution in [0.2, 0.25) is 0 Å². The number of carbonyl (C=O) groups is 2. The van der Waals surface area contributed by atoms with E-state index < -0.39 is 6.04 Å². The second-order valence-electron chi connectivity index (χ2n) is 5.63. The van der Waals surface area contributed by atoms with Gasteiger partial charge >= 0.3 is 6.03 Å². The van der Waals surface area contributed by atoms with Crippen LogP contribution in [0.3, 0.4) is 0 Å². The van der Waals surface area contributed by atoms with Crippen molar-refractivity contribution >= 4 is 28.4 Å². The van der Waals surface area contributed by atoms with Crippen LogP contribution in [-0.4, -0.2) is 34.7 Å². The third-order valence-corrected chi connectivity index (χ3v) is 4.68. The Hall–Kier alpha value is -2.48. The average molecular weight is 361 g/mol. The molecule has 0 saturated carbocycles. The molecule has 2 aromatic rings. The van der Waals surface area contributed by atoms with Crippen LogP contribution in [0.25, 0.3) is 10.6 Å². The van der Waals surface area contributed by atoms with Crippen LogP contribution in [0, 0.1) is 5.92 Å². The lowest BCUT2D eigenvalue weighted by atomic mass is 9.98. The van der Waals surface area contributed by atoms with Gasteiger partial charge in [-0.1, -0.05) is 61.9 Å². The summed E-state index contributed by atoms with van der Waals surface area (Å²) in [5.74, 6) is -0.305. The first-order chi connectivity index (χ1) is 12.0. The molecule has 0 aliphatic carbocycles. The number of aromatic nitrogens is 2. The average Bonchev–Trinajstić information content (AvgIpc) is 3.08. The van der Waals surface area contributed by atoms with E-state index in [0.29, 0.717) is 11.7 Å². The Morgan fingerprint density at radius 1 is 1.16 bits per heavy atom. The number of hydrogen-bond acceptors (Lipinski definition) is 5. The first-order valence-electron chi connectivity index (χ1n) is 8.29. The van der Waals surface area contributed by atoms with E-state index in [0.717, 1.165) is 17.0 Å². The van der Waals surface area contributed by atoms with E-state index in [1.54, 1.807) is 0 Å². The molecule has 0 fully saturated rings. The van der Waals surface area contributed by atoms with Gasteiger partial charge in [0.15, 0.2) is 0 Å². The molecule has 8 heteroatoms. The van der Waals surface area contributed by atoms with Crippen molar-refractivity contribution in [2.45, 2.75) is 33.2 Å². The van der Waals surface area contributed by atoms with Crippen molar-refractivity contribution in [2.24, 2.45) is 5.92 Å². The van der Waals surface area contributed by atoms with Gasteiger partial charge in [0, 0.05) is 12.1 Å². The molecule has 2 rings (SSSR count). The zero-order valence-corrected chi connectivity index (χ0v) is 15.4. The Kier molecular flexibility index (Phi) is 6.88. The SMILES string of the molecule is CCNC(=O)NC(C(=O)Nc1nnc(-c2ccccc2)s1)C(C)CC. The molecule has 3 amide bonds. The van der Waals surface area contributed by atoms with E-state index >= 15 is 0 Å². The molecule has 7 nitrogen and oxygen atoms in total. The summed E-state index contributed by atoms with van der Waals surface area (Å²) < 4.78 is 0. The van der Waals surface area contributed by atoms with Gasteiger partial charge in [0.05, 0.1) is 0 Å². The highest BCUT2D eigenvalue weighted by Gasteiger charge is 2.26. The zero-order valence-electron chi connectivity index (χ0n) is 14.6. The van der Waals surface area contributed by atoms with Crippen molar-refractivity contribution < 1.29 is 9.59 Å². The van der Waals surface area contributed by atoms with Gasteiger partial charge < -0.3 is 10.6 Å². The second-order valence-corrected chi connectivity index (χ2v) is 6.61. The van der Waals surface area contributed by atoms with E-state index in [2.05, 4.69) is 26.1 Å². The molecule has 0 radical (unpaired) electrons. The Morgan fingerprint density at radius 3 is 2.52 bits per heavy atom. The molecule has 1 aromatic carbocycles. The molecule has 134 valence electrons. The third-order valence-electron chi connectivity index (χ3n) is 3.80. The maximum absolute atomic E-state index is 12.6. The highest BCUT2D eigenvalue weighted by Crippen LogP contribution is 2.26. The van der Waals surface area contributed by atoms with Gasteiger partial charge in [-0.3, -0.25) is 10.1 Å². The van der Waals surface area contributed by atoms with Crippen molar-refractivity contribution in [1.29, 1.82) is 0 Å². The Morgan fingerprint density at radius 2 is 1.88 bits per heavy atom. The van der Waals surface area contributed by atoms with Gasteiger partial charge in [-0.2, -0.15) is 0 Å². The van der Waals surface area contributed by atoms with Crippen LogP contribution in [0.15, 0.2) is 30.3 Å². The molecule has 0 saturated heterocycles. The fourth-order valence-corrected chi connectivity index (χ4v) is 2.96. The summed E-state index contributed by atoms with van der Waals surface area (Å²) in [4.78, 5) is 24.4. The van der Waals surface area contributed by atoms with Crippen LogP contribution in [0.1, 0.15) is 27.2 Å². The number of urea groups is 1. The van der Waals surface area contributed by atoms with E-state index in [1.807, 2.05) is 51.1 Å². The van der Waals surface area contributed by atoms with Gasteiger partial charge in [-0.15, -0.1) is 10.2 Å². The number of nitrogens with zero attached hydrogens (tertiary/aromatic N) is 2. The van der Waals surface area contributed by atoms with Crippen LogP contribution < -0.4 is 16.0 Å². The second kappa shape index (κ2) is 9.12. The lowest BCUT2D eigenvalue weighted by Gasteiger charge is -2.22. The summed E-state index contributed by atoms with van der Waals surface area (Å²) in [6.45, 7) is 6.22. The molecule has 2 atom stereocenters. The summed E-state index contributed by atoms with van der Waals surface area (Å²) in [5.41, 5.74) is 0.944. The number of carbonyl (C=O) groups excluding carboxylic acids is 2. The molecule has 3 N–H and O–H groups in total. The molecule has 25 heavy (non-hydrogen) atoms. The van der Waals surface area contributed by atoms with Crippen molar-refractivity contribution in [3.8, 4) is 10.6 Å². The highest BCUT2D eigenvalue weighted by atomic mass is 32.1. The molecule has 1 heterocycles. The summed E-state index contributed by atoms with van der Waals surface area (Å²) in [6, 6.07) is 8.65. The van der Waals surface area contributed by atoms with Gasteiger partial charge in [-0.25, -0.2) is 4.79 Å². The Balaban J connectivity index is 2.07. The molecule has 0 aliphatic heterocycles. The fourth-order valence-electron chi connectivity index (χ4n) is 2.21. The number of rotatable bonds is 7. The van der Waals surface area contributed by atoms with Gasteiger partial charge in [-0.05, 0) is 12.8 Å². The van der Waals surface area contributed by atoms with Gasteiger partial charge in [0.25, 0.3) is 0 Å². The minimum Gasteiger partial charge on any atom is -0.338 e. The zero-order chi connectivity index (χ0) is 18.2. The quantitative estimate of drug-likeness (QED) is 0.706. The molecule has 0 aliphatic rings. The van der Waals surface area contributed by atoms with Crippen molar-refractivity contribution in [2.75, 3.05) is 11.9 Å². The maximum atomic E-state index is 12.6. The number of anilines is 1. The van der Waals surface area contributed by atoms with E-state index in [-0.39, 0.29) is 17.9 Å². The molecule has 1 aromatic heterocycles. The van der Waals surface area contributed by atoms with Crippen molar-refractivity contribution in [3.05, 3.63) is 30.3 Å². The Bertz CT molecular complexity index is 704. The number of benzene rings is 1. The lowest BCUT2D eigenvalue weighted by molar-refractivity contribution is -0.119. The summed E-state index contributed by atoms with van der Waals surface area (Å²) >= 11 is 1.30. The van der Waals surface area contributed by atoms with Gasteiger partial charge in [0.1, 0.15) is 11.0 Å². The summed E-state index contributed by atoms with van der Waals surface area (Å²) in [6.07, 6.45) is 0.760. The van der Waals surface area contributed by atoms with Crippen LogP contribution in [0.4, 0.5) is 9.93 Å². The number of amides is 3. The molecule has 0 spiro atoms. The normalized spacial score (nSPS) is 12.9. The van der Waals surface area contributed by atoms with Crippen LogP contribution in [-0.2, 0) is 4.79 Å². The number of nitrogens with one attached hydrogen (secondary N) is 3. The topological polar surface area (TPSA) is 96.0 Å². The first kappa shape index (κ1) is 18.9. The lowest BCUT2D eigenvalue weighted by Crippen LogP contribution is -2.51. The first-order valence-corrected chi connectivity index (χ1v) is 9.10. The monoisotopic (exact) mass is 361 g/mol. The van der Waals surface area contributed by atoms with Crippen LogP contribution >= 0.6 is 11.3 Å². The van der Waals surface area contributed by atoms with E-state index in [9.17, 15) is 9.59 Å². The molecule has 2 unspecified atom stereocenters. The highest BCUT2D eigenvalue weighted by molar-refractivity contribution is 7.18. The third kappa shape index (κ3) is 5.25. The Labute approximate surface area is 151 Å². The largest absolute Gasteiger partial charge is 0.338 e. The predicted molar refractivity (Wildman–Crippen MR) is 99.4 cm³/mol. The predicted octanol–water partition coefficient (Wildman–Crippen LogP) is 2.88. The fraction of sp³-hybridized carbons (Fsp3) is 0.412.